The molecule has 0 spiro atoms. The van der Waals surface area contributed by atoms with Crippen LogP contribution >= 0.6 is 0 Å². The van der Waals surface area contributed by atoms with Crippen LogP contribution in [-0.2, 0) is 6.42 Å². The smallest absolute Gasteiger partial charge is 0.118 e. The standard InChI is InChI=1S/C20H18N2O/c1-15-8-10-16(11-9-15)13-17-5-2-3-7-19(17)20(22-23)18-6-4-12-21-14-18/h2-12,14,23H,13H2,1H3. The topological polar surface area (TPSA) is 45.5 Å². The van der Waals surface area contributed by atoms with E-state index in [0.717, 1.165) is 23.1 Å². The lowest BCUT2D eigenvalue weighted by Gasteiger charge is -2.11. The Balaban J connectivity index is 1.99. The molecule has 0 atom stereocenters. The molecule has 0 aliphatic rings. The lowest BCUT2D eigenvalue weighted by Crippen LogP contribution is -2.08. The van der Waals surface area contributed by atoms with Gasteiger partial charge in [0.25, 0.3) is 0 Å². The Morgan fingerprint density at radius 1 is 1.00 bits per heavy atom. The summed E-state index contributed by atoms with van der Waals surface area (Å²) in [5, 5.41) is 13.0. The molecule has 0 aliphatic carbocycles. The van der Waals surface area contributed by atoms with E-state index in [0.29, 0.717) is 5.71 Å². The van der Waals surface area contributed by atoms with Gasteiger partial charge in [0.1, 0.15) is 5.71 Å². The van der Waals surface area contributed by atoms with Gasteiger partial charge in [0.2, 0.25) is 0 Å². The fraction of sp³-hybridized carbons (Fsp3) is 0.100. The fourth-order valence-corrected chi connectivity index (χ4v) is 2.60. The number of pyridine rings is 1. The largest absolute Gasteiger partial charge is 0.410 e. The van der Waals surface area contributed by atoms with Crippen LogP contribution in [0.2, 0.25) is 0 Å². The average Bonchev–Trinajstić information content (AvgIpc) is 2.60. The number of hydrogen-bond acceptors (Lipinski definition) is 3. The van der Waals surface area contributed by atoms with Gasteiger partial charge in [-0.05, 0) is 36.6 Å². The molecule has 0 saturated heterocycles. The monoisotopic (exact) mass is 302 g/mol. The molecule has 3 nitrogen and oxygen atoms in total. The van der Waals surface area contributed by atoms with Crippen molar-refractivity contribution in [1.29, 1.82) is 0 Å². The van der Waals surface area contributed by atoms with Gasteiger partial charge in [0.05, 0.1) is 0 Å². The van der Waals surface area contributed by atoms with Crippen LogP contribution in [0.15, 0.2) is 78.2 Å². The molecular formula is C20H18N2O. The maximum absolute atomic E-state index is 9.52. The summed E-state index contributed by atoms with van der Waals surface area (Å²) in [6, 6.07) is 20.2. The number of oxime groups is 1. The number of aryl methyl sites for hydroxylation is 1. The highest BCUT2D eigenvalue weighted by Gasteiger charge is 2.12. The number of rotatable bonds is 4. The third kappa shape index (κ3) is 3.46. The molecule has 3 aromatic rings. The first kappa shape index (κ1) is 15.0. The molecule has 3 heteroatoms. The molecule has 0 saturated carbocycles. The van der Waals surface area contributed by atoms with Crippen molar-refractivity contribution in [2.24, 2.45) is 5.16 Å². The molecule has 0 unspecified atom stereocenters. The van der Waals surface area contributed by atoms with Gasteiger partial charge in [0.15, 0.2) is 0 Å². The van der Waals surface area contributed by atoms with Crippen molar-refractivity contribution >= 4 is 5.71 Å². The third-order valence-corrected chi connectivity index (χ3v) is 3.82. The zero-order valence-corrected chi connectivity index (χ0v) is 13.0. The highest BCUT2D eigenvalue weighted by Crippen LogP contribution is 2.19. The van der Waals surface area contributed by atoms with Crippen LogP contribution in [-0.4, -0.2) is 15.9 Å². The normalized spacial score (nSPS) is 11.4. The van der Waals surface area contributed by atoms with E-state index in [2.05, 4.69) is 47.4 Å². The van der Waals surface area contributed by atoms with Crippen molar-refractivity contribution in [3.8, 4) is 0 Å². The van der Waals surface area contributed by atoms with Crippen LogP contribution in [0.25, 0.3) is 0 Å². The van der Waals surface area contributed by atoms with Crippen LogP contribution in [0.1, 0.15) is 27.8 Å². The van der Waals surface area contributed by atoms with E-state index in [4.69, 9.17) is 0 Å². The average molecular weight is 302 g/mol. The number of nitrogens with zero attached hydrogens (tertiary/aromatic N) is 2. The Morgan fingerprint density at radius 2 is 1.78 bits per heavy atom. The lowest BCUT2D eigenvalue weighted by molar-refractivity contribution is 0.319. The quantitative estimate of drug-likeness (QED) is 0.446. The van der Waals surface area contributed by atoms with E-state index in [-0.39, 0.29) is 0 Å². The Morgan fingerprint density at radius 3 is 2.48 bits per heavy atom. The Hall–Kier alpha value is -2.94. The van der Waals surface area contributed by atoms with Crippen LogP contribution in [0.3, 0.4) is 0 Å². The second kappa shape index (κ2) is 6.88. The van der Waals surface area contributed by atoms with E-state index in [1.165, 1.54) is 11.1 Å². The maximum atomic E-state index is 9.52. The van der Waals surface area contributed by atoms with Gasteiger partial charge >= 0.3 is 0 Å². The number of hydrogen-bond donors (Lipinski definition) is 1. The predicted molar refractivity (Wildman–Crippen MR) is 92.1 cm³/mol. The molecule has 0 aliphatic heterocycles. The summed E-state index contributed by atoms with van der Waals surface area (Å²) in [5.41, 5.74) is 5.85. The highest BCUT2D eigenvalue weighted by molar-refractivity contribution is 6.13. The highest BCUT2D eigenvalue weighted by atomic mass is 16.4. The molecule has 1 N–H and O–H groups in total. The van der Waals surface area contributed by atoms with E-state index in [9.17, 15) is 5.21 Å². The van der Waals surface area contributed by atoms with E-state index in [1.54, 1.807) is 12.4 Å². The molecule has 0 fully saturated rings. The van der Waals surface area contributed by atoms with Crippen LogP contribution in [0.4, 0.5) is 0 Å². The summed E-state index contributed by atoms with van der Waals surface area (Å²) in [5.74, 6) is 0. The molecule has 0 amide bonds. The van der Waals surface area contributed by atoms with Gasteiger partial charge in [-0.15, -0.1) is 0 Å². The van der Waals surface area contributed by atoms with Gasteiger partial charge in [-0.25, -0.2) is 0 Å². The van der Waals surface area contributed by atoms with Gasteiger partial charge in [0, 0.05) is 23.5 Å². The second-order valence-electron chi connectivity index (χ2n) is 5.51. The minimum Gasteiger partial charge on any atom is -0.410 e. The third-order valence-electron chi connectivity index (χ3n) is 3.82. The van der Waals surface area contributed by atoms with Crippen molar-refractivity contribution in [3.63, 3.8) is 0 Å². The molecular weight excluding hydrogens is 284 g/mol. The summed E-state index contributed by atoms with van der Waals surface area (Å²) >= 11 is 0. The van der Waals surface area contributed by atoms with Gasteiger partial charge < -0.3 is 5.21 Å². The number of aromatic nitrogens is 1. The lowest BCUT2D eigenvalue weighted by atomic mass is 9.94. The summed E-state index contributed by atoms with van der Waals surface area (Å²) < 4.78 is 0. The molecule has 0 bridgehead atoms. The fourth-order valence-electron chi connectivity index (χ4n) is 2.60. The summed E-state index contributed by atoms with van der Waals surface area (Å²) in [7, 11) is 0. The van der Waals surface area contributed by atoms with Crippen LogP contribution < -0.4 is 0 Å². The second-order valence-corrected chi connectivity index (χ2v) is 5.51. The van der Waals surface area contributed by atoms with Crippen molar-refractivity contribution in [1.82, 2.24) is 4.98 Å². The molecule has 0 radical (unpaired) electrons. The van der Waals surface area contributed by atoms with E-state index >= 15 is 0 Å². The first-order valence-electron chi connectivity index (χ1n) is 7.54. The minimum absolute atomic E-state index is 0.542. The van der Waals surface area contributed by atoms with E-state index in [1.807, 2.05) is 30.3 Å². The van der Waals surface area contributed by atoms with E-state index < -0.39 is 0 Å². The molecule has 3 rings (SSSR count). The van der Waals surface area contributed by atoms with Crippen LogP contribution in [0, 0.1) is 6.92 Å². The van der Waals surface area contributed by atoms with Gasteiger partial charge in [-0.1, -0.05) is 59.3 Å². The Bertz CT molecular complexity index is 809. The van der Waals surface area contributed by atoms with Crippen LogP contribution in [0.5, 0.6) is 0 Å². The minimum atomic E-state index is 0.542. The van der Waals surface area contributed by atoms with Crippen molar-refractivity contribution < 1.29 is 5.21 Å². The summed E-state index contributed by atoms with van der Waals surface area (Å²) in [4.78, 5) is 4.11. The summed E-state index contributed by atoms with van der Waals surface area (Å²) in [6.45, 7) is 2.08. The van der Waals surface area contributed by atoms with Crippen molar-refractivity contribution in [2.75, 3.05) is 0 Å². The van der Waals surface area contributed by atoms with Crippen molar-refractivity contribution in [2.45, 2.75) is 13.3 Å². The van der Waals surface area contributed by atoms with Crippen molar-refractivity contribution in [3.05, 3.63) is 101 Å². The molecule has 114 valence electrons. The molecule has 23 heavy (non-hydrogen) atoms. The van der Waals surface area contributed by atoms with Gasteiger partial charge in [-0.3, -0.25) is 4.98 Å². The zero-order valence-electron chi connectivity index (χ0n) is 13.0. The Labute approximate surface area is 136 Å². The first-order valence-corrected chi connectivity index (χ1v) is 7.54. The SMILES string of the molecule is Cc1ccc(Cc2ccccc2C(=NO)c2cccnc2)cc1. The first-order chi connectivity index (χ1) is 11.3. The Kier molecular flexibility index (Phi) is 4.48. The summed E-state index contributed by atoms with van der Waals surface area (Å²) in [6.07, 6.45) is 4.20. The molecule has 2 aromatic carbocycles. The zero-order chi connectivity index (χ0) is 16.1. The molecule has 1 aromatic heterocycles. The number of benzene rings is 2. The van der Waals surface area contributed by atoms with Gasteiger partial charge in [-0.2, -0.15) is 0 Å². The molecule has 1 heterocycles. The predicted octanol–water partition coefficient (Wildman–Crippen LogP) is 4.21. The maximum Gasteiger partial charge on any atom is 0.118 e.